The largest absolute Gasteiger partial charge is 0.467 e. The lowest BCUT2D eigenvalue weighted by Crippen LogP contribution is -2.48. The van der Waals surface area contributed by atoms with Crippen molar-refractivity contribution in [2.75, 3.05) is 26.1 Å². The molecule has 3 rings (SSSR count). The summed E-state index contributed by atoms with van der Waals surface area (Å²) in [6, 6.07) is 8.76. The number of benzene rings is 1. The van der Waals surface area contributed by atoms with Gasteiger partial charge >= 0.3 is 11.7 Å². The van der Waals surface area contributed by atoms with Crippen LogP contribution in [0, 0.1) is 10.1 Å². The predicted octanol–water partition coefficient (Wildman–Crippen LogP) is 2.17. The predicted molar refractivity (Wildman–Crippen MR) is 111 cm³/mol. The summed E-state index contributed by atoms with van der Waals surface area (Å²) in [5.41, 5.74) is -2.88. The van der Waals surface area contributed by atoms with Crippen LogP contribution in [-0.4, -0.2) is 54.6 Å². The number of rotatable bonds is 8. The van der Waals surface area contributed by atoms with Gasteiger partial charge in [-0.05, 0) is 25.1 Å². The van der Waals surface area contributed by atoms with Crippen molar-refractivity contribution in [3.05, 3.63) is 58.9 Å². The SMILES string of the molecule is [2H]C([2H])([2H])OC[C@@](C)(Nc1c([N+](=O)[O-])cnc2c1ccn2S(=O)(=O)c1ccccc1)C(=O)OC. The van der Waals surface area contributed by atoms with Gasteiger partial charge in [-0.15, -0.1) is 0 Å². The Morgan fingerprint density at radius 2 is 2.06 bits per heavy atom. The second-order valence-electron chi connectivity index (χ2n) is 6.68. The van der Waals surface area contributed by atoms with Gasteiger partial charge in [-0.25, -0.2) is 22.2 Å². The average molecular weight is 451 g/mol. The number of nitro groups is 1. The van der Waals surface area contributed by atoms with Crippen molar-refractivity contribution in [2.45, 2.75) is 17.4 Å². The van der Waals surface area contributed by atoms with E-state index in [1.807, 2.05) is 0 Å². The van der Waals surface area contributed by atoms with Gasteiger partial charge in [-0.3, -0.25) is 10.1 Å². The molecule has 0 saturated heterocycles. The van der Waals surface area contributed by atoms with Crippen molar-refractivity contribution in [1.82, 2.24) is 8.96 Å². The molecule has 12 heteroatoms. The minimum absolute atomic E-state index is 0.00211. The van der Waals surface area contributed by atoms with E-state index >= 15 is 0 Å². The van der Waals surface area contributed by atoms with E-state index in [4.69, 9.17) is 13.6 Å². The van der Waals surface area contributed by atoms with Crippen LogP contribution >= 0.6 is 0 Å². The Morgan fingerprint density at radius 1 is 1.35 bits per heavy atom. The number of hydrogen-bond acceptors (Lipinski definition) is 9. The van der Waals surface area contributed by atoms with Gasteiger partial charge in [0.15, 0.2) is 11.2 Å². The van der Waals surface area contributed by atoms with Crippen LogP contribution in [0.15, 0.2) is 53.7 Å². The second kappa shape index (κ2) is 8.32. The van der Waals surface area contributed by atoms with Crippen LogP contribution in [0.3, 0.4) is 0 Å². The first-order valence-electron chi connectivity index (χ1n) is 10.3. The van der Waals surface area contributed by atoms with Gasteiger partial charge in [-0.2, -0.15) is 0 Å². The molecule has 0 radical (unpaired) electrons. The molecule has 1 N–H and O–H groups in total. The molecular weight excluding hydrogens is 428 g/mol. The molecule has 0 aliphatic carbocycles. The quantitative estimate of drug-likeness (QED) is 0.309. The first-order valence-corrected chi connectivity index (χ1v) is 10.2. The molecule has 1 aromatic carbocycles. The minimum atomic E-state index is -4.10. The molecule has 0 unspecified atom stereocenters. The summed E-state index contributed by atoms with van der Waals surface area (Å²) >= 11 is 0. The topological polar surface area (TPSA) is 143 Å². The van der Waals surface area contributed by atoms with Crippen LogP contribution in [0.25, 0.3) is 11.0 Å². The normalized spacial score (nSPS) is 15.4. The Kier molecular flexibility index (Phi) is 4.90. The molecule has 3 aromatic rings. The summed E-state index contributed by atoms with van der Waals surface area (Å²) in [4.78, 5) is 27.3. The third-order valence-corrected chi connectivity index (χ3v) is 6.24. The van der Waals surface area contributed by atoms with Crippen molar-refractivity contribution < 1.29 is 31.7 Å². The minimum Gasteiger partial charge on any atom is -0.467 e. The zero-order valence-electron chi connectivity index (χ0n) is 19.4. The van der Waals surface area contributed by atoms with Crippen LogP contribution in [0.2, 0.25) is 0 Å². The maximum absolute atomic E-state index is 13.1. The third-order valence-electron chi connectivity index (χ3n) is 4.56. The molecule has 0 fully saturated rings. The second-order valence-corrected chi connectivity index (χ2v) is 8.49. The fraction of sp³-hybridized carbons (Fsp3) is 0.263. The Hall–Kier alpha value is -3.51. The fourth-order valence-corrected chi connectivity index (χ4v) is 4.34. The first kappa shape index (κ1) is 18.3. The molecular formula is C19H20N4O7S. The average Bonchev–Trinajstić information content (AvgIpc) is 3.23. The molecule has 0 bridgehead atoms. The molecule has 11 nitrogen and oxygen atoms in total. The number of hydrogen-bond donors (Lipinski definition) is 1. The van der Waals surface area contributed by atoms with Gasteiger partial charge in [0.2, 0.25) is 0 Å². The standard InChI is InChI=1S/C19H20N4O7S/c1-19(12-29-2,18(24)30-3)21-16-14-9-10-22(17(14)20-11-15(16)23(25)26)31(27,28)13-7-5-4-6-8-13/h4-11H,12H2,1-3H3,(H,20,21)/t19-/m1/s1/i2D3. The van der Waals surface area contributed by atoms with Crippen LogP contribution in [0.4, 0.5) is 11.4 Å². The maximum atomic E-state index is 13.1. The third kappa shape index (κ3) is 3.94. The molecule has 0 saturated carbocycles. The number of methoxy groups -OCH3 is 2. The van der Waals surface area contributed by atoms with Crippen LogP contribution < -0.4 is 5.32 Å². The van der Waals surface area contributed by atoms with Crippen molar-refractivity contribution in [3.63, 3.8) is 0 Å². The lowest BCUT2D eigenvalue weighted by atomic mass is 10.0. The van der Waals surface area contributed by atoms with E-state index in [0.717, 1.165) is 17.3 Å². The monoisotopic (exact) mass is 451 g/mol. The summed E-state index contributed by atoms with van der Waals surface area (Å²) in [6.45, 7) is 0.498. The van der Waals surface area contributed by atoms with E-state index in [9.17, 15) is 23.3 Å². The Labute approximate surface area is 182 Å². The highest BCUT2D eigenvalue weighted by Crippen LogP contribution is 2.35. The first-order chi connectivity index (χ1) is 15.8. The van der Waals surface area contributed by atoms with E-state index in [0.29, 0.717) is 0 Å². The highest BCUT2D eigenvalue weighted by molar-refractivity contribution is 7.90. The summed E-state index contributed by atoms with van der Waals surface area (Å²) in [5, 5.41) is 14.3. The number of anilines is 1. The van der Waals surface area contributed by atoms with E-state index in [1.54, 1.807) is 6.07 Å². The number of ether oxygens (including phenoxy) is 2. The van der Waals surface area contributed by atoms with E-state index in [2.05, 4.69) is 10.3 Å². The molecule has 0 aliphatic rings. The molecule has 0 spiro atoms. The zero-order valence-corrected chi connectivity index (χ0v) is 17.3. The number of fused-ring (bicyclic) bond motifs is 1. The number of esters is 1. The number of pyridine rings is 1. The molecule has 2 aromatic heterocycles. The van der Waals surface area contributed by atoms with E-state index < -0.39 is 45.8 Å². The number of nitrogens with one attached hydrogen (secondary N) is 1. The Balaban J connectivity index is 2.18. The summed E-state index contributed by atoms with van der Waals surface area (Å²) in [7, 11) is -5.91. The van der Waals surface area contributed by atoms with Crippen LogP contribution in [0.1, 0.15) is 11.0 Å². The van der Waals surface area contributed by atoms with Crippen molar-refractivity contribution in [1.29, 1.82) is 0 Å². The number of aromatic nitrogens is 2. The van der Waals surface area contributed by atoms with Crippen molar-refractivity contribution in [2.24, 2.45) is 0 Å². The molecule has 2 heterocycles. The van der Waals surface area contributed by atoms with Gasteiger partial charge in [0, 0.05) is 13.2 Å². The highest BCUT2D eigenvalue weighted by Gasteiger charge is 2.38. The van der Waals surface area contributed by atoms with Crippen LogP contribution in [-0.2, 0) is 24.3 Å². The summed E-state index contributed by atoms with van der Waals surface area (Å²) in [6.07, 6.45) is 2.01. The molecule has 164 valence electrons. The smallest absolute Gasteiger partial charge is 0.333 e. The summed E-state index contributed by atoms with van der Waals surface area (Å²) in [5.74, 6) is -0.965. The van der Waals surface area contributed by atoms with Gasteiger partial charge in [-0.1, -0.05) is 18.2 Å². The Morgan fingerprint density at radius 3 is 2.68 bits per heavy atom. The lowest BCUT2D eigenvalue weighted by molar-refractivity contribution is -0.384. The van der Waals surface area contributed by atoms with E-state index in [1.165, 1.54) is 43.5 Å². The van der Waals surface area contributed by atoms with E-state index in [-0.39, 0.29) is 21.6 Å². The van der Waals surface area contributed by atoms with Gasteiger partial charge in [0.05, 0.1) is 33.0 Å². The fourth-order valence-electron chi connectivity index (χ4n) is 3.01. The molecule has 0 amide bonds. The highest BCUT2D eigenvalue weighted by atomic mass is 32.2. The van der Waals surface area contributed by atoms with Gasteiger partial charge in [0.25, 0.3) is 10.0 Å². The lowest BCUT2D eigenvalue weighted by Gasteiger charge is -2.28. The zero-order chi connectivity index (χ0) is 25.3. The van der Waals surface area contributed by atoms with Crippen molar-refractivity contribution in [3.8, 4) is 0 Å². The number of carbonyl (C=O) groups is 1. The Bertz CT molecular complexity index is 1340. The molecule has 31 heavy (non-hydrogen) atoms. The van der Waals surface area contributed by atoms with Gasteiger partial charge in [0.1, 0.15) is 11.9 Å². The van der Waals surface area contributed by atoms with Crippen LogP contribution in [0.5, 0.6) is 0 Å². The number of nitrogens with zero attached hydrogens (tertiary/aromatic N) is 3. The van der Waals surface area contributed by atoms with Crippen molar-refractivity contribution >= 4 is 38.4 Å². The number of carbonyl (C=O) groups excluding carboxylic acids is 1. The molecule has 0 aliphatic heterocycles. The maximum Gasteiger partial charge on any atom is 0.333 e. The molecule has 1 atom stereocenters. The van der Waals surface area contributed by atoms with Gasteiger partial charge < -0.3 is 14.8 Å². The summed E-state index contributed by atoms with van der Waals surface area (Å²) < 4.78 is 58.2.